The minimum Gasteiger partial charge on any atom is -0.349 e. The van der Waals surface area contributed by atoms with Gasteiger partial charge in [0.05, 0.1) is 6.04 Å². The molecule has 0 aromatic heterocycles. The van der Waals surface area contributed by atoms with Crippen LogP contribution >= 0.6 is 0 Å². The maximum atomic E-state index is 12.3. The van der Waals surface area contributed by atoms with Crippen LogP contribution in [0.4, 0.5) is 0 Å². The van der Waals surface area contributed by atoms with Gasteiger partial charge in [0.2, 0.25) is 5.91 Å². The summed E-state index contributed by atoms with van der Waals surface area (Å²) in [5.41, 5.74) is 3.71. The monoisotopic (exact) mass is 293 g/mol. The summed E-state index contributed by atoms with van der Waals surface area (Å²) in [7, 11) is 0. The van der Waals surface area contributed by atoms with E-state index in [4.69, 9.17) is 0 Å². The van der Waals surface area contributed by atoms with Crippen LogP contribution < -0.4 is 5.32 Å². The minimum atomic E-state index is 0.155. The third-order valence-corrected chi connectivity index (χ3v) is 4.29. The smallest absolute Gasteiger partial charge is 0.220 e. The number of hydrogen-bond donors (Lipinski definition) is 1. The van der Waals surface area contributed by atoms with Crippen molar-refractivity contribution < 1.29 is 4.79 Å². The summed E-state index contributed by atoms with van der Waals surface area (Å²) in [6.45, 7) is 2.09. The Morgan fingerprint density at radius 2 is 1.91 bits per heavy atom. The van der Waals surface area contributed by atoms with Crippen molar-refractivity contribution in [2.75, 3.05) is 0 Å². The summed E-state index contributed by atoms with van der Waals surface area (Å²) in [4.78, 5) is 12.3. The molecule has 1 unspecified atom stereocenters. The lowest BCUT2D eigenvalue weighted by molar-refractivity contribution is -0.122. The van der Waals surface area contributed by atoms with Crippen molar-refractivity contribution in [2.45, 2.75) is 38.6 Å². The first-order valence-corrected chi connectivity index (χ1v) is 8.12. The molecule has 1 atom stereocenters. The molecule has 1 N–H and O–H groups in total. The summed E-state index contributed by atoms with van der Waals surface area (Å²) in [6, 6.07) is 18.9. The molecule has 2 nitrogen and oxygen atoms in total. The first-order chi connectivity index (χ1) is 10.7. The van der Waals surface area contributed by atoms with Crippen molar-refractivity contribution in [3.8, 4) is 0 Å². The molecule has 0 aliphatic heterocycles. The largest absolute Gasteiger partial charge is 0.349 e. The fourth-order valence-electron chi connectivity index (χ4n) is 2.93. The molecule has 2 aromatic rings. The number of carbonyl (C=O) groups excluding carboxylic acids is 1. The summed E-state index contributed by atoms with van der Waals surface area (Å²) in [6.07, 6.45) is 3.80. The molecule has 114 valence electrons. The molecule has 1 aliphatic carbocycles. The van der Waals surface area contributed by atoms with Gasteiger partial charge >= 0.3 is 0 Å². The Balaban J connectivity index is 1.58. The number of aryl methyl sites for hydroxylation is 2. The van der Waals surface area contributed by atoms with E-state index in [2.05, 4.69) is 48.6 Å². The Kier molecular flexibility index (Phi) is 4.57. The van der Waals surface area contributed by atoms with E-state index in [0.29, 0.717) is 12.3 Å². The quantitative estimate of drug-likeness (QED) is 0.850. The van der Waals surface area contributed by atoms with Gasteiger partial charge in [-0.1, -0.05) is 60.2 Å². The molecule has 2 aromatic carbocycles. The van der Waals surface area contributed by atoms with Crippen LogP contribution in [0.3, 0.4) is 0 Å². The minimum absolute atomic E-state index is 0.155. The van der Waals surface area contributed by atoms with Crippen molar-refractivity contribution in [2.24, 2.45) is 5.92 Å². The number of nitrogens with one attached hydrogen (secondary N) is 1. The molecular weight excluding hydrogens is 270 g/mol. The summed E-state index contributed by atoms with van der Waals surface area (Å²) >= 11 is 0. The van der Waals surface area contributed by atoms with E-state index >= 15 is 0 Å². The van der Waals surface area contributed by atoms with Crippen LogP contribution in [0, 0.1) is 12.8 Å². The molecule has 1 amide bonds. The average Bonchev–Trinajstić information content (AvgIpc) is 3.36. The van der Waals surface area contributed by atoms with Crippen LogP contribution in [0.5, 0.6) is 0 Å². The van der Waals surface area contributed by atoms with Crippen LogP contribution in [-0.2, 0) is 11.2 Å². The molecule has 0 saturated heterocycles. The molecule has 0 heterocycles. The Labute approximate surface area is 132 Å². The summed E-state index contributed by atoms with van der Waals surface area (Å²) in [5.74, 6) is 0.771. The van der Waals surface area contributed by atoms with Crippen molar-refractivity contribution in [1.82, 2.24) is 5.32 Å². The summed E-state index contributed by atoms with van der Waals surface area (Å²) in [5, 5.41) is 3.24. The molecule has 0 bridgehead atoms. The molecule has 1 fully saturated rings. The molecule has 1 saturated carbocycles. The fourth-order valence-corrected chi connectivity index (χ4v) is 2.93. The van der Waals surface area contributed by atoms with E-state index in [9.17, 15) is 4.79 Å². The van der Waals surface area contributed by atoms with Gasteiger partial charge in [0.15, 0.2) is 0 Å². The van der Waals surface area contributed by atoms with Gasteiger partial charge in [-0.15, -0.1) is 0 Å². The van der Waals surface area contributed by atoms with Gasteiger partial charge < -0.3 is 5.32 Å². The SMILES string of the molecule is Cc1cccc(CCC(=O)NC(c2ccccc2)C2CC2)c1. The normalized spacial score (nSPS) is 15.3. The predicted octanol–water partition coefficient (Wildman–Crippen LogP) is 4.20. The van der Waals surface area contributed by atoms with Gasteiger partial charge in [-0.05, 0) is 43.2 Å². The Hall–Kier alpha value is -2.09. The van der Waals surface area contributed by atoms with E-state index in [0.717, 1.165) is 6.42 Å². The van der Waals surface area contributed by atoms with Crippen LogP contribution in [-0.4, -0.2) is 5.91 Å². The Bertz CT molecular complexity index is 631. The number of amides is 1. The number of carbonyl (C=O) groups is 1. The number of benzene rings is 2. The molecule has 0 radical (unpaired) electrons. The highest BCUT2D eigenvalue weighted by molar-refractivity contribution is 5.76. The predicted molar refractivity (Wildman–Crippen MR) is 89.5 cm³/mol. The van der Waals surface area contributed by atoms with Gasteiger partial charge in [0.25, 0.3) is 0 Å². The molecule has 1 aliphatic rings. The highest BCUT2D eigenvalue weighted by Gasteiger charge is 2.33. The van der Waals surface area contributed by atoms with Gasteiger partial charge in [0, 0.05) is 6.42 Å². The van der Waals surface area contributed by atoms with Crippen molar-refractivity contribution in [1.29, 1.82) is 0 Å². The second kappa shape index (κ2) is 6.78. The number of rotatable bonds is 6. The second-order valence-electron chi connectivity index (χ2n) is 6.28. The van der Waals surface area contributed by atoms with Crippen molar-refractivity contribution in [3.63, 3.8) is 0 Å². The van der Waals surface area contributed by atoms with Crippen LogP contribution in [0.2, 0.25) is 0 Å². The van der Waals surface area contributed by atoms with Crippen molar-refractivity contribution >= 4 is 5.91 Å². The van der Waals surface area contributed by atoms with E-state index in [1.54, 1.807) is 0 Å². The molecule has 3 rings (SSSR count). The molecular formula is C20H23NO. The standard InChI is InChI=1S/C20H23NO/c1-15-6-5-7-16(14-15)10-13-19(22)21-20(18-11-12-18)17-8-3-2-4-9-17/h2-9,14,18,20H,10-13H2,1H3,(H,21,22). The molecule has 22 heavy (non-hydrogen) atoms. The second-order valence-corrected chi connectivity index (χ2v) is 6.28. The first kappa shape index (κ1) is 14.8. The van der Waals surface area contributed by atoms with Crippen LogP contribution in [0.15, 0.2) is 54.6 Å². The highest BCUT2D eigenvalue weighted by atomic mass is 16.1. The van der Waals surface area contributed by atoms with Crippen LogP contribution in [0.1, 0.15) is 42.0 Å². The van der Waals surface area contributed by atoms with Crippen molar-refractivity contribution in [3.05, 3.63) is 71.3 Å². The average molecular weight is 293 g/mol. The third kappa shape index (κ3) is 3.97. The lowest BCUT2D eigenvalue weighted by Crippen LogP contribution is -2.30. The van der Waals surface area contributed by atoms with E-state index in [1.165, 1.54) is 29.5 Å². The lowest BCUT2D eigenvalue weighted by Gasteiger charge is -2.19. The van der Waals surface area contributed by atoms with Gasteiger partial charge in [-0.25, -0.2) is 0 Å². The Morgan fingerprint density at radius 3 is 2.59 bits per heavy atom. The highest BCUT2D eigenvalue weighted by Crippen LogP contribution is 2.40. The molecule has 2 heteroatoms. The van der Waals surface area contributed by atoms with E-state index in [-0.39, 0.29) is 11.9 Å². The van der Waals surface area contributed by atoms with E-state index < -0.39 is 0 Å². The van der Waals surface area contributed by atoms with E-state index in [1.807, 2.05) is 18.2 Å². The lowest BCUT2D eigenvalue weighted by atomic mass is 10.0. The van der Waals surface area contributed by atoms with Gasteiger partial charge in [-0.2, -0.15) is 0 Å². The zero-order valence-electron chi connectivity index (χ0n) is 13.1. The Morgan fingerprint density at radius 1 is 1.14 bits per heavy atom. The van der Waals surface area contributed by atoms with Crippen LogP contribution in [0.25, 0.3) is 0 Å². The van der Waals surface area contributed by atoms with Gasteiger partial charge in [-0.3, -0.25) is 4.79 Å². The molecule has 0 spiro atoms. The maximum Gasteiger partial charge on any atom is 0.220 e. The third-order valence-electron chi connectivity index (χ3n) is 4.29. The maximum absolute atomic E-state index is 12.3. The number of hydrogen-bond acceptors (Lipinski definition) is 1. The first-order valence-electron chi connectivity index (χ1n) is 8.12. The van der Waals surface area contributed by atoms with Gasteiger partial charge in [0.1, 0.15) is 0 Å². The topological polar surface area (TPSA) is 29.1 Å². The summed E-state index contributed by atoms with van der Waals surface area (Å²) < 4.78 is 0. The zero-order chi connectivity index (χ0) is 15.4. The zero-order valence-corrected chi connectivity index (χ0v) is 13.1. The fraction of sp³-hybridized carbons (Fsp3) is 0.350.